The van der Waals surface area contributed by atoms with Crippen molar-refractivity contribution in [2.24, 2.45) is 5.92 Å². The third-order valence-corrected chi connectivity index (χ3v) is 3.48. The predicted octanol–water partition coefficient (Wildman–Crippen LogP) is 2.70. The van der Waals surface area contributed by atoms with Crippen molar-refractivity contribution in [1.29, 1.82) is 0 Å². The number of pyridine rings is 1. The average molecular weight is 359 g/mol. The first-order valence-corrected chi connectivity index (χ1v) is 7.75. The third kappa shape index (κ3) is 5.07. The summed E-state index contributed by atoms with van der Waals surface area (Å²) >= 11 is 0. The molecular weight excluding hydrogens is 339 g/mol. The molecule has 0 unspecified atom stereocenters. The Labute approximate surface area is 143 Å². The molecular formula is C16H20F3N3O3. The van der Waals surface area contributed by atoms with Gasteiger partial charge in [-0.25, -0.2) is 4.79 Å². The quantitative estimate of drug-likeness (QED) is 0.901. The first-order valence-electron chi connectivity index (χ1n) is 7.75. The van der Waals surface area contributed by atoms with Gasteiger partial charge in [-0.05, 0) is 32.9 Å². The van der Waals surface area contributed by atoms with Crippen LogP contribution in [-0.4, -0.2) is 47.1 Å². The maximum Gasteiger partial charge on any atom is 0.434 e. The number of amides is 2. The zero-order valence-corrected chi connectivity index (χ0v) is 14.2. The molecule has 6 nitrogen and oxygen atoms in total. The van der Waals surface area contributed by atoms with Crippen LogP contribution in [0.1, 0.15) is 36.8 Å². The minimum absolute atomic E-state index is 0.0255. The van der Waals surface area contributed by atoms with E-state index < -0.39 is 35.0 Å². The zero-order chi connectivity index (χ0) is 18.8. The van der Waals surface area contributed by atoms with Crippen molar-refractivity contribution in [2.75, 3.05) is 19.6 Å². The molecule has 1 fully saturated rings. The van der Waals surface area contributed by atoms with Crippen LogP contribution >= 0.6 is 0 Å². The number of carbonyl (C=O) groups excluding carboxylic acids is 2. The second-order valence-corrected chi connectivity index (χ2v) is 6.86. The summed E-state index contributed by atoms with van der Waals surface area (Å²) in [6.45, 7) is 6.21. The van der Waals surface area contributed by atoms with E-state index in [1.807, 2.05) is 0 Å². The van der Waals surface area contributed by atoms with Gasteiger partial charge < -0.3 is 15.0 Å². The van der Waals surface area contributed by atoms with Crippen LogP contribution in [0.25, 0.3) is 0 Å². The third-order valence-electron chi connectivity index (χ3n) is 3.48. The predicted molar refractivity (Wildman–Crippen MR) is 82.9 cm³/mol. The Morgan fingerprint density at radius 1 is 1.32 bits per heavy atom. The number of carbonyl (C=O) groups is 2. The van der Waals surface area contributed by atoms with E-state index in [0.717, 1.165) is 12.3 Å². The Bertz CT molecular complexity index is 650. The van der Waals surface area contributed by atoms with Gasteiger partial charge in [0.05, 0.1) is 5.56 Å². The van der Waals surface area contributed by atoms with Crippen LogP contribution in [0.3, 0.4) is 0 Å². The van der Waals surface area contributed by atoms with Crippen LogP contribution in [0.4, 0.5) is 18.0 Å². The molecule has 1 N–H and O–H groups in total. The van der Waals surface area contributed by atoms with Gasteiger partial charge in [0.25, 0.3) is 5.91 Å². The molecule has 0 aromatic carbocycles. The smallest absolute Gasteiger partial charge is 0.434 e. The highest BCUT2D eigenvalue weighted by molar-refractivity contribution is 5.95. The Balaban J connectivity index is 1.84. The number of hydrogen-bond donors (Lipinski definition) is 1. The molecule has 2 heterocycles. The minimum Gasteiger partial charge on any atom is -0.444 e. The van der Waals surface area contributed by atoms with E-state index in [0.29, 0.717) is 13.1 Å². The molecule has 0 atom stereocenters. The Morgan fingerprint density at radius 2 is 1.96 bits per heavy atom. The number of hydrogen-bond acceptors (Lipinski definition) is 4. The zero-order valence-electron chi connectivity index (χ0n) is 14.2. The van der Waals surface area contributed by atoms with Gasteiger partial charge >= 0.3 is 12.3 Å². The molecule has 1 aliphatic heterocycles. The molecule has 1 aromatic rings. The van der Waals surface area contributed by atoms with Crippen molar-refractivity contribution in [3.8, 4) is 0 Å². The molecule has 1 aliphatic rings. The molecule has 1 saturated heterocycles. The number of rotatable bonds is 3. The Morgan fingerprint density at radius 3 is 2.52 bits per heavy atom. The summed E-state index contributed by atoms with van der Waals surface area (Å²) in [6, 6.07) is 2.36. The number of alkyl halides is 3. The summed E-state index contributed by atoms with van der Waals surface area (Å²) in [5.41, 5.74) is -2.32. The van der Waals surface area contributed by atoms with E-state index in [4.69, 9.17) is 4.74 Å². The van der Waals surface area contributed by atoms with Gasteiger partial charge in [-0.2, -0.15) is 13.2 Å². The molecule has 2 rings (SSSR count). The molecule has 25 heavy (non-hydrogen) atoms. The average Bonchev–Trinajstić information content (AvgIpc) is 2.42. The highest BCUT2D eigenvalue weighted by atomic mass is 19.4. The Hall–Kier alpha value is -2.32. The Kier molecular flexibility index (Phi) is 5.24. The van der Waals surface area contributed by atoms with Gasteiger partial charge in [-0.1, -0.05) is 0 Å². The molecule has 0 aliphatic carbocycles. The van der Waals surface area contributed by atoms with Crippen molar-refractivity contribution >= 4 is 12.0 Å². The topological polar surface area (TPSA) is 71.5 Å². The molecule has 0 bridgehead atoms. The number of aromatic nitrogens is 1. The maximum absolute atomic E-state index is 12.9. The lowest BCUT2D eigenvalue weighted by Crippen LogP contribution is -2.54. The molecule has 0 radical (unpaired) electrons. The molecule has 2 amide bonds. The highest BCUT2D eigenvalue weighted by Gasteiger charge is 2.38. The van der Waals surface area contributed by atoms with Crippen molar-refractivity contribution in [1.82, 2.24) is 15.2 Å². The number of nitrogens with zero attached hydrogens (tertiary/aromatic N) is 2. The lowest BCUT2D eigenvalue weighted by Gasteiger charge is -2.39. The van der Waals surface area contributed by atoms with Gasteiger partial charge in [0.2, 0.25) is 0 Å². The lowest BCUT2D eigenvalue weighted by atomic mass is 10.0. The van der Waals surface area contributed by atoms with Crippen LogP contribution in [0.5, 0.6) is 0 Å². The lowest BCUT2D eigenvalue weighted by molar-refractivity contribution is -0.141. The standard InChI is InChI=1S/C16H20F3N3O3/c1-15(2,3)25-14(24)22-8-10(9-22)7-21-13(23)11-5-4-6-20-12(11)16(17,18)19/h4-6,10H,7-9H2,1-3H3,(H,21,23). The maximum atomic E-state index is 12.9. The summed E-state index contributed by atoms with van der Waals surface area (Å²) < 4.78 is 43.8. The van der Waals surface area contributed by atoms with Crippen LogP contribution in [0.15, 0.2) is 18.3 Å². The summed E-state index contributed by atoms with van der Waals surface area (Å²) in [7, 11) is 0. The fourth-order valence-corrected chi connectivity index (χ4v) is 2.32. The SMILES string of the molecule is CC(C)(C)OC(=O)N1CC(CNC(=O)c2cccnc2C(F)(F)F)C1. The second kappa shape index (κ2) is 6.89. The number of nitrogens with one attached hydrogen (secondary N) is 1. The van der Waals surface area contributed by atoms with E-state index in [-0.39, 0.29) is 12.5 Å². The largest absolute Gasteiger partial charge is 0.444 e. The molecule has 0 spiro atoms. The summed E-state index contributed by atoms with van der Waals surface area (Å²) in [6.07, 6.45) is -4.15. The van der Waals surface area contributed by atoms with Crippen molar-refractivity contribution < 1.29 is 27.5 Å². The summed E-state index contributed by atoms with van der Waals surface area (Å²) in [4.78, 5) is 28.5. The van der Waals surface area contributed by atoms with Gasteiger partial charge in [-0.15, -0.1) is 0 Å². The molecule has 0 saturated carbocycles. The number of halogens is 3. The monoisotopic (exact) mass is 359 g/mol. The molecule has 1 aromatic heterocycles. The first kappa shape index (κ1) is 19.0. The van der Waals surface area contributed by atoms with Crippen molar-refractivity contribution in [2.45, 2.75) is 32.5 Å². The number of ether oxygens (including phenoxy) is 1. The minimum atomic E-state index is -4.70. The van der Waals surface area contributed by atoms with Crippen LogP contribution in [-0.2, 0) is 10.9 Å². The number of likely N-dealkylation sites (tertiary alicyclic amines) is 1. The van der Waals surface area contributed by atoms with E-state index >= 15 is 0 Å². The van der Waals surface area contributed by atoms with E-state index in [1.54, 1.807) is 20.8 Å². The van der Waals surface area contributed by atoms with E-state index in [1.165, 1.54) is 11.0 Å². The molecule has 9 heteroatoms. The first-order chi connectivity index (χ1) is 11.5. The van der Waals surface area contributed by atoms with Gasteiger partial charge in [0, 0.05) is 31.7 Å². The van der Waals surface area contributed by atoms with Crippen LogP contribution in [0, 0.1) is 5.92 Å². The second-order valence-electron chi connectivity index (χ2n) is 6.86. The van der Waals surface area contributed by atoms with Crippen molar-refractivity contribution in [3.05, 3.63) is 29.6 Å². The highest BCUT2D eigenvalue weighted by Crippen LogP contribution is 2.30. The normalized spacial score (nSPS) is 15.5. The summed E-state index contributed by atoms with van der Waals surface area (Å²) in [5.74, 6) is -0.862. The fraction of sp³-hybridized carbons (Fsp3) is 0.562. The van der Waals surface area contributed by atoms with E-state index in [2.05, 4.69) is 10.3 Å². The van der Waals surface area contributed by atoms with Gasteiger partial charge in [0.1, 0.15) is 5.60 Å². The van der Waals surface area contributed by atoms with Crippen molar-refractivity contribution in [3.63, 3.8) is 0 Å². The van der Waals surface area contributed by atoms with E-state index in [9.17, 15) is 22.8 Å². The summed E-state index contributed by atoms with van der Waals surface area (Å²) in [5, 5.41) is 2.46. The molecule has 138 valence electrons. The van der Waals surface area contributed by atoms with Crippen LogP contribution < -0.4 is 5.32 Å². The van der Waals surface area contributed by atoms with Crippen LogP contribution in [0.2, 0.25) is 0 Å². The van der Waals surface area contributed by atoms with Gasteiger partial charge in [0.15, 0.2) is 5.69 Å². The fourth-order valence-electron chi connectivity index (χ4n) is 2.32. The van der Waals surface area contributed by atoms with Gasteiger partial charge in [-0.3, -0.25) is 9.78 Å².